The predicted molar refractivity (Wildman–Crippen MR) is 125 cm³/mol. The molecule has 2 aliphatic rings. The molecule has 0 spiro atoms. The zero-order valence-corrected chi connectivity index (χ0v) is 20.5. The molecule has 10 heteroatoms. The van der Waals surface area contributed by atoms with Gasteiger partial charge >= 0.3 is 0 Å². The smallest absolute Gasteiger partial charge is 0.243 e. The number of benzene rings is 1. The molecule has 2 fully saturated rings. The van der Waals surface area contributed by atoms with E-state index < -0.39 is 10.0 Å². The third-order valence-corrected chi connectivity index (χ3v) is 8.76. The summed E-state index contributed by atoms with van der Waals surface area (Å²) in [6, 6.07) is 6.42. The molecular weight excluding hydrogens is 446 g/mol. The molecule has 1 saturated carbocycles. The summed E-state index contributed by atoms with van der Waals surface area (Å²) in [5, 5.41) is 12.1. The zero-order valence-electron chi connectivity index (χ0n) is 18.8. The van der Waals surface area contributed by atoms with Gasteiger partial charge in [0, 0.05) is 31.2 Å². The first kappa shape index (κ1) is 23.3. The molecule has 2 atom stereocenters. The normalized spacial score (nSPS) is 22.1. The molecule has 8 nitrogen and oxygen atoms in total. The van der Waals surface area contributed by atoms with E-state index in [0.717, 1.165) is 36.8 Å². The maximum atomic E-state index is 13.0. The number of aromatic nitrogens is 3. The van der Waals surface area contributed by atoms with E-state index in [1.165, 1.54) is 11.8 Å². The highest BCUT2D eigenvalue weighted by atomic mass is 32.2. The van der Waals surface area contributed by atoms with Crippen molar-refractivity contribution in [3.63, 3.8) is 0 Å². The van der Waals surface area contributed by atoms with Gasteiger partial charge in [-0.25, -0.2) is 8.42 Å². The Kier molecular flexibility index (Phi) is 6.92. The number of sulfonamides is 1. The molecule has 1 aromatic heterocycles. The number of piperidine rings is 1. The van der Waals surface area contributed by atoms with Crippen molar-refractivity contribution in [3.05, 3.63) is 30.1 Å². The molecule has 2 aromatic rings. The van der Waals surface area contributed by atoms with Crippen LogP contribution in [0.15, 0.2) is 34.3 Å². The Balaban J connectivity index is 1.35. The van der Waals surface area contributed by atoms with Crippen LogP contribution in [0, 0.1) is 11.8 Å². The second-order valence-electron chi connectivity index (χ2n) is 8.99. The fraction of sp³-hybridized carbons (Fsp3) is 0.591. The van der Waals surface area contributed by atoms with Crippen LogP contribution in [0.25, 0.3) is 0 Å². The Morgan fingerprint density at radius 3 is 2.38 bits per heavy atom. The van der Waals surface area contributed by atoms with Crippen LogP contribution in [0.4, 0.5) is 5.69 Å². The summed E-state index contributed by atoms with van der Waals surface area (Å²) in [5.41, 5.74) is 0.575. The molecule has 32 heavy (non-hydrogen) atoms. The van der Waals surface area contributed by atoms with Gasteiger partial charge in [0.15, 0.2) is 5.16 Å². The summed E-state index contributed by atoms with van der Waals surface area (Å²) >= 11 is 1.37. The summed E-state index contributed by atoms with van der Waals surface area (Å²) in [5.74, 6) is 2.28. The molecule has 0 unspecified atom stereocenters. The van der Waals surface area contributed by atoms with E-state index in [-0.39, 0.29) is 16.6 Å². The Labute approximate surface area is 194 Å². The average molecular weight is 478 g/mol. The second-order valence-corrected chi connectivity index (χ2v) is 11.9. The number of thioether (sulfide) groups is 1. The summed E-state index contributed by atoms with van der Waals surface area (Å²) in [7, 11) is -3.53. The van der Waals surface area contributed by atoms with Gasteiger partial charge < -0.3 is 9.88 Å². The SMILES string of the molecule is CCn1c(SCC(=O)Nc2ccc(S(=O)(=O)N3C[C@@H](C)C[C@H](C)C3)cc2)nnc1C1CC1. The van der Waals surface area contributed by atoms with Crippen LogP contribution in [0.1, 0.15) is 51.8 Å². The largest absolute Gasteiger partial charge is 0.325 e. The lowest BCUT2D eigenvalue weighted by molar-refractivity contribution is -0.113. The standard InChI is InChI=1S/C22H31N5O3S2/c1-4-27-21(17-5-6-17)24-25-22(27)31-14-20(28)23-18-7-9-19(10-8-18)32(29,30)26-12-15(2)11-16(3)13-26/h7-10,15-17H,4-6,11-14H2,1-3H3,(H,23,28)/t15-,16-/m0/s1. The highest BCUT2D eigenvalue weighted by Gasteiger charge is 2.32. The molecule has 1 aliphatic heterocycles. The second kappa shape index (κ2) is 9.52. The van der Waals surface area contributed by atoms with E-state index in [2.05, 4.69) is 40.9 Å². The third-order valence-electron chi connectivity index (χ3n) is 5.95. The van der Waals surface area contributed by atoms with Gasteiger partial charge in [-0.15, -0.1) is 10.2 Å². The molecule has 4 rings (SSSR count). The fourth-order valence-corrected chi connectivity index (χ4v) is 6.83. The van der Waals surface area contributed by atoms with E-state index in [0.29, 0.717) is 36.5 Å². The van der Waals surface area contributed by atoms with E-state index in [9.17, 15) is 13.2 Å². The molecule has 0 bridgehead atoms. The van der Waals surface area contributed by atoms with Gasteiger partial charge in [-0.05, 0) is 62.3 Å². The van der Waals surface area contributed by atoms with Crippen molar-refractivity contribution in [2.75, 3.05) is 24.2 Å². The van der Waals surface area contributed by atoms with Crippen molar-refractivity contribution in [2.45, 2.75) is 62.5 Å². The predicted octanol–water partition coefficient (Wildman–Crippen LogP) is 3.57. The van der Waals surface area contributed by atoms with Gasteiger partial charge in [-0.1, -0.05) is 25.6 Å². The molecule has 1 amide bonds. The van der Waals surface area contributed by atoms with Gasteiger partial charge in [0.2, 0.25) is 15.9 Å². The molecule has 1 aliphatic carbocycles. The van der Waals surface area contributed by atoms with Crippen LogP contribution in [0.3, 0.4) is 0 Å². The Bertz CT molecular complexity index is 1050. The highest BCUT2D eigenvalue weighted by Crippen LogP contribution is 2.40. The van der Waals surface area contributed by atoms with Crippen molar-refractivity contribution in [1.82, 2.24) is 19.1 Å². The van der Waals surface area contributed by atoms with Crippen LogP contribution in [0.5, 0.6) is 0 Å². The van der Waals surface area contributed by atoms with Crippen molar-refractivity contribution >= 4 is 33.4 Å². The lowest BCUT2D eigenvalue weighted by atomic mass is 9.94. The number of carbonyl (C=O) groups is 1. The van der Waals surface area contributed by atoms with Gasteiger partial charge in [0.05, 0.1) is 10.6 Å². The maximum Gasteiger partial charge on any atom is 0.243 e. The number of nitrogens with zero attached hydrogens (tertiary/aromatic N) is 4. The first-order chi connectivity index (χ1) is 15.3. The molecule has 1 saturated heterocycles. The van der Waals surface area contributed by atoms with Gasteiger partial charge in [0.25, 0.3) is 0 Å². The summed E-state index contributed by atoms with van der Waals surface area (Å²) in [6.07, 6.45) is 3.36. The lowest BCUT2D eigenvalue weighted by Gasteiger charge is -2.34. The van der Waals surface area contributed by atoms with Crippen LogP contribution in [-0.4, -0.2) is 52.2 Å². The monoisotopic (exact) mass is 477 g/mol. The maximum absolute atomic E-state index is 13.0. The molecule has 174 valence electrons. The number of nitrogens with one attached hydrogen (secondary N) is 1. The minimum Gasteiger partial charge on any atom is -0.325 e. The summed E-state index contributed by atoms with van der Waals surface area (Å²) in [6.45, 7) is 8.11. The Morgan fingerprint density at radius 2 is 1.78 bits per heavy atom. The van der Waals surface area contributed by atoms with Crippen molar-refractivity contribution in [3.8, 4) is 0 Å². The van der Waals surface area contributed by atoms with E-state index in [1.807, 2.05) is 0 Å². The molecule has 1 N–H and O–H groups in total. The number of anilines is 1. The van der Waals surface area contributed by atoms with Crippen LogP contribution < -0.4 is 5.32 Å². The van der Waals surface area contributed by atoms with Crippen molar-refractivity contribution in [2.24, 2.45) is 11.8 Å². The first-order valence-corrected chi connectivity index (χ1v) is 13.7. The zero-order chi connectivity index (χ0) is 22.9. The number of hydrogen-bond donors (Lipinski definition) is 1. The van der Waals surface area contributed by atoms with Gasteiger partial charge in [-0.2, -0.15) is 4.31 Å². The number of hydrogen-bond acceptors (Lipinski definition) is 6. The molecule has 1 aromatic carbocycles. The minimum absolute atomic E-state index is 0.164. The molecular formula is C22H31N5O3S2. The van der Waals surface area contributed by atoms with Crippen LogP contribution >= 0.6 is 11.8 Å². The molecule has 0 radical (unpaired) electrons. The summed E-state index contributed by atoms with van der Waals surface area (Å²) in [4.78, 5) is 12.7. The number of rotatable bonds is 8. The average Bonchev–Trinajstić information content (AvgIpc) is 3.51. The van der Waals surface area contributed by atoms with Crippen LogP contribution in [0.2, 0.25) is 0 Å². The van der Waals surface area contributed by atoms with Gasteiger partial charge in [-0.3, -0.25) is 4.79 Å². The van der Waals surface area contributed by atoms with E-state index >= 15 is 0 Å². The Hall–Kier alpha value is -1.91. The fourth-order valence-electron chi connectivity index (χ4n) is 4.34. The lowest BCUT2D eigenvalue weighted by Crippen LogP contribution is -2.42. The topological polar surface area (TPSA) is 97.2 Å². The van der Waals surface area contributed by atoms with Crippen molar-refractivity contribution < 1.29 is 13.2 Å². The quantitative estimate of drug-likeness (QED) is 0.584. The van der Waals surface area contributed by atoms with E-state index in [1.54, 1.807) is 28.6 Å². The van der Waals surface area contributed by atoms with Crippen molar-refractivity contribution in [1.29, 1.82) is 0 Å². The van der Waals surface area contributed by atoms with Gasteiger partial charge in [0.1, 0.15) is 5.82 Å². The summed E-state index contributed by atoms with van der Waals surface area (Å²) < 4.78 is 29.7. The number of carbonyl (C=O) groups excluding carboxylic acids is 1. The minimum atomic E-state index is -3.53. The number of amides is 1. The van der Waals surface area contributed by atoms with E-state index in [4.69, 9.17) is 0 Å². The highest BCUT2D eigenvalue weighted by molar-refractivity contribution is 7.99. The Morgan fingerprint density at radius 1 is 1.12 bits per heavy atom. The molecule has 2 heterocycles. The van der Waals surface area contributed by atoms with Crippen LogP contribution in [-0.2, 0) is 21.4 Å². The first-order valence-electron chi connectivity index (χ1n) is 11.2. The third kappa shape index (κ3) is 5.18.